The maximum atomic E-state index is 13.5. The molecule has 0 fully saturated rings. The van der Waals surface area contributed by atoms with Gasteiger partial charge in [0.2, 0.25) is 9.84 Å². The van der Waals surface area contributed by atoms with Gasteiger partial charge in [0.1, 0.15) is 11.5 Å². The summed E-state index contributed by atoms with van der Waals surface area (Å²) in [6.45, 7) is 0. The number of benzene rings is 4. The molecule has 0 radical (unpaired) electrons. The Balaban J connectivity index is 1.38. The minimum absolute atomic E-state index is 0.0322. The van der Waals surface area contributed by atoms with Crippen LogP contribution in [0.5, 0.6) is 11.5 Å². The first-order valence-corrected chi connectivity index (χ1v) is 13.0. The summed E-state index contributed by atoms with van der Waals surface area (Å²) in [5.74, 6) is -3.63. The normalized spacial score (nSPS) is 14.7. The average molecular weight is 541 g/mol. The number of carbonyl (C=O) groups excluding carboxylic acids is 4. The fourth-order valence-corrected chi connectivity index (χ4v) is 5.97. The Labute approximate surface area is 220 Å². The van der Waals surface area contributed by atoms with Gasteiger partial charge in [-0.05, 0) is 60.7 Å². The lowest BCUT2D eigenvalue weighted by atomic mass is 10.1. The molecule has 10 nitrogen and oxygen atoms in total. The van der Waals surface area contributed by atoms with E-state index in [4.69, 9.17) is 0 Å². The first-order valence-electron chi connectivity index (χ1n) is 11.5. The number of nitrogens with zero attached hydrogens (tertiary/aromatic N) is 2. The number of hydrogen-bond donors (Lipinski definition) is 2. The van der Waals surface area contributed by atoms with Gasteiger partial charge in [-0.2, -0.15) is 0 Å². The molecular weight excluding hydrogens is 524 g/mol. The molecular formula is C28H16N2O8S. The lowest BCUT2D eigenvalue weighted by Gasteiger charge is -2.14. The lowest BCUT2D eigenvalue weighted by Crippen LogP contribution is -2.29. The number of sulfone groups is 1. The minimum atomic E-state index is -4.31. The zero-order chi connectivity index (χ0) is 27.6. The second kappa shape index (κ2) is 8.36. The van der Waals surface area contributed by atoms with Crippen molar-refractivity contribution in [2.75, 3.05) is 9.80 Å². The molecule has 2 heterocycles. The van der Waals surface area contributed by atoms with Gasteiger partial charge in [-0.15, -0.1) is 0 Å². The van der Waals surface area contributed by atoms with Crippen LogP contribution in [0.4, 0.5) is 11.4 Å². The second-order valence-electron chi connectivity index (χ2n) is 8.79. The van der Waals surface area contributed by atoms with Crippen LogP contribution >= 0.6 is 0 Å². The topological polar surface area (TPSA) is 149 Å². The van der Waals surface area contributed by atoms with Crippen molar-refractivity contribution in [1.29, 1.82) is 0 Å². The number of anilines is 2. The zero-order valence-electron chi connectivity index (χ0n) is 19.7. The van der Waals surface area contributed by atoms with E-state index in [2.05, 4.69) is 0 Å². The monoisotopic (exact) mass is 540 g/mol. The van der Waals surface area contributed by atoms with Crippen molar-refractivity contribution >= 4 is 44.8 Å². The Morgan fingerprint density at radius 3 is 1.23 bits per heavy atom. The van der Waals surface area contributed by atoms with Crippen LogP contribution in [0.2, 0.25) is 0 Å². The highest BCUT2D eigenvalue weighted by molar-refractivity contribution is 7.91. The van der Waals surface area contributed by atoms with Gasteiger partial charge in [-0.3, -0.25) is 19.2 Å². The third kappa shape index (κ3) is 3.44. The van der Waals surface area contributed by atoms with Crippen LogP contribution in [0.15, 0.2) is 94.7 Å². The van der Waals surface area contributed by atoms with Crippen LogP contribution in [0.25, 0.3) is 0 Å². The van der Waals surface area contributed by atoms with E-state index in [0.29, 0.717) is 0 Å². The summed E-state index contributed by atoms with van der Waals surface area (Å²) in [6.07, 6.45) is 0. The molecule has 0 unspecified atom stereocenters. The first kappa shape index (κ1) is 24.1. The fraction of sp³-hybridized carbons (Fsp3) is 0. The van der Waals surface area contributed by atoms with E-state index < -0.39 is 33.5 Å². The van der Waals surface area contributed by atoms with E-state index >= 15 is 0 Å². The Kier molecular flexibility index (Phi) is 5.16. The van der Waals surface area contributed by atoms with E-state index in [1.54, 1.807) is 0 Å². The van der Waals surface area contributed by atoms with Gasteiger partial charge in [0.15, 0.2) is 0 Å². The molecule has 0 atom stereocenters. The molecule has 0 saturated carbocycles. The second-order valence-corrected chi connectivity index (χ2v) is 10.7. The van der Waals surface area contributed by atoms with Crippen molar-refractivity contribution in [3.63, 3.8) is 0 Å². The number of para-hydroxylation sites is 4. The highest BCUT2D eigenvalue weighted by atomic mass is 32.2. The Bertz CT molecular complexity index is 1770. The largest absolute Gasteiger partial charge is 0.506 e. The molecule has 0 aliphatic carbocycles. The lowest BCUT2D eigenvalue weighted by molar-refractivity contribution is 0.0909. The van der Waals surface area contributed by atoms with Crippen LogP contribution in [0.3, 0.4) is 0 Å². The fourth-order valence-electron chi connectivity index (χ4n) is 4.65. The smallest absolute Gasteiger partial charge is 0.266 e. The average Bonchev–Trinajstić information content (AvgIpc) is 3.33. The minimum Gasteiger partial charge on any atom is -0.506 e. The van der Waals surface area contributed by atoms with E-state index in [1.807, 2.05) is 0 Å². The van der Waals surface area contributed by atoms with Crippen LogP contribution in [0.1, 0.15) is 41.4 Å². The van der Waals surface area contributed by atoms with Crippen LogP contribution in [-0.2, 0) is 9.84 Å². The molecule has 11 heteroatoms. The predicted octanol–water partition coefficient (Wildman–Crippen LogP) is 3.53. The molecule has 2 aliphatic rings. The zero-order valence-corrected chi connectivity index (χ0v) is 20.5. The van der Waals surface area contributed by atoms with Gasteiger partial charge in [0, 0.05) is 0 Å². The highest BCUT2D eigenvalue weighted by Gasteiger charge is 2.41. The number of rotatable bonds is 4. The van der Waals surface area contributed by atoms with Gasteiger partial charge in [0.25, 0.3) is 23.6 Å². The van der Waals surface area contributed by atoms with Crippen molar-refractivity contribution in [1.82, 2.24) is 0 Å². The molecule has 2 N–H and O–H groups in total. The Hall–Kier alpha value is -5.29. The summed E-state index contributed by atoms with van der Waals surface area (Å²) in [5, 5.41) is 20.3. The number of imide groups is 2. The van der Waals surface area contributed by atoms with Crippen LogP contribution in [-0.4, -0.2) is 42.3 Å². The molecule has 0 saturated heterocycles. The molecule has 2 aliphatic heterocycles. The van der Waals surface area contributed by atoms with Crippen LogP contribution < -0.4 is 9.80 Å². The number of phenols is 2. The van der Waals surface area contributed by atoms with Gasteiger partial charge in [-0.1, -0.05) is 24.3 Å². The van der Waals surface area contributed by atoms with Crippen molar-refractivity contribution in [2.45, 2.75) is 9.79 Å². The Morgan fingerprint density at radius 1 is 0.487 bits per heavy atom. The molecule has 4 aromatic carbocycles. The molecule has 192 valence electrons. The van der Waals surface area contributed by atoms with Crippen molar-refractivity contribution in [3.05, 3.63) is 107 Å². The van der Waals surface area contributed by atoms with E-state index in [0.717, 1.165) is 21.9 Å². The number of fused-ring (bicyclic) bond motifs is 2. The van der Waals surface area contributed by atoms with Crippen LogP contribution in [0, 0.1) is 0 Å². The van der Waals surface area contributed by atoms with E-state index in [9.17, 15) is 37.8 Å². The summed E-state index contributed by atoms with van der Waals surface area (Å²) in [5.41, 5.74) is -0.469. The number of carbonyl (C=O) groups is 4. The van der Waals surface area contributed by atoms with E-state index in [-0.39, 0.29) is 54.9 Å². The van der Waals surface area contributed by atoms with Crippen molar-refractivity contribution in [3.8, 4) is 11.5 Å². The van der Waals surface area contributed by atoms with Gasteiger partial charge in [-0.25, -0.2) is 18.2 Å². The highest BCUT2D eigenvalue weighted by Crippen LogP contribution is 2.37. The van der Waals surface area contributed by atoms with Crippen molar-refractivity contribution < 1.29 is 37.8 Å². The summed E-state index contributed by atoms with van der Waals surface area (Å²) < 4.78 is 27.0. The maximum absolute atomic E-state index is 13.5. The summed E-state index contributed by atoms with van der Waals surface area (Å²) in [7, 11) is -4.31. The first-order chi connectivity index (χ1) is 18.6. The molecule has 0 aromatic heterocycles. The third-order valence-electron chi connectivity index (χ3n) is 6.58. The summed E-state index contributed by atoms with van der Waals surface area (Å²) >= 11 is 0. The van der Waals surface area contributed by atoms with Gasteiger partial charge >= 0.3 is 0 Å². The quantitative estimate of drug-likeness (QED) is 0.374. The number of amides is 4. The molecule has 6 rings (SSSR count). The van der Waals surface area contributed by atoms with Gasteiger partial charge < -0.3 is 10.2 Å². The molecule has 4 aromatic rings. The summed E-state index contributed by atoms with van der Waals surface area (Å²) in [4.78, 5) is 52.9. The Morgan fingerprint density at radius 2 is 0.846 bits per heavy atom. The van der Waals surface area contributed by atoms with Gasteiger partial charge in [0.05, 0.1) is 43.4 Å². The van der Waals surface area contributed by atoms with Crippen molar-refractivity contribution in [2.24, 2.45) is 0 Å². The third-order valence-corrected chi connectivity index (χ3v) is 8.33. The number of phenolic OH excluding ortho intramolecular Hbond substituents is 2. The molecule has 0 spiro atoms. The standard InChI is InChI=1S/C28H16N2O8S/c31-23-7-3-1-5-21(23)29-25(33)17-11-9-15(13-19(17)27(29)35)39(37,38)16-10-12-18-20(14-16)28(36)30(26(18)34)22-6-2-4-8-24(22)32/h1-14,31-32H. The van der Waals surface area contributed by atoms with E-state index in [1.165, 1.54) is 72.8 Å². The maximum Gasteiger partial charge on any atom is 0.266 e. The summed E-state index contributed by atoms with van der Waals surface area (Å²) in [6, 6.07) is 18.4. The molecule has 4 amide bonds. The molecule has 39 heavy (non-hydrogen) atoms. The number of hydrogen-bond acceptors (Lipinski definition) is 8. The molecule has 0 bridgehead atoms. The SMILES string of the molecule is O=C1c2ccc(S(=O)(=O)c3ccc4c(c3)C(=O)N(c3ccccc3O)C4=O)cc2C(=O)N1c1ccccc1O. The predicted molar refractivity (Wildman–Crippen MR) is 137 cm³/mol. The number of aromatic hydroxyl groups is 2.